The van der Waals surface area contributed by atoms with Gasteiger partial charge in [0.25, 0.3) is 5.91 Å². The van der Waals surface area contributed by atoms with Crippen molar-refractivity contribution in [2.75, 3.05) is 5.32 Å². The topological polar surface area (TPSA) is 46.2 Å². The molecule has 0 aromatic heterocycles. The average Bonchev–Trinajstić information content (AvgIpc) is 2.48. The second kappa shape index (κ2) is 6.99. The van der Waals surface area contributed by atoms with Gasteiger partial charge in [0.2, 0.25) is 0 Å². The van der Waals surface area contributed by atoms with Crippen molar-refractivity contribution in [1.29, 1.82) is 0 Å². The first-order valence-corrected chi connectivity index (χ1v) is 7.20. The SMILES string of the molecule is CC(=O)c1cccc(NC(=O)C(Br)=Cc2ccccc2)c1. The van der Waals surface area contributed by atoms with Crippen LogP contribution in [-0.4, -0.2) is 11.7 Å². The molecule has 0 aliphatic carbocycles. The van der Waals surface area contributed by atoms with Crippen LogP contribution in [0, 0.1) is 0 Å². The number of carbonyl (C=O) groups is 2. The van der Waals surface area contributed by atoms with E-state index in [-0.39, 0.29) is 11.7 Å². The smallest absolute Gasteiger partial charge is 0.262 e. The van der Waals surface area contributed by atoms with E-state index >= 15 is 0 Å². The summed E-state index contributed by atoms with van der Waals surface area (Å²) in [6.45, 7) is 1.49. The van der Waals surface area contributed by atoms with E-state index in [0.29, 0.717) is 15.7 Å². The van der Waals surface area contributed by atoms with Gasteiger partial charge in [-0.2, -0.15) is 0 Å². The summed E-state index contributed by atoms with van der Waals surface area (Å²) < 4.78 is 0.418. The van der Waals surface area contributed by atoms with E-state index in [1.807, 2.05) is 30.3 Å². The van der Waals surface area contributed by atoms with Gasteiger partial charge in [0, 0.05) is 11.3 Å². The molecule has 0 aliphatic heterocycles. The van der Waals surface area contributed by atoms with E-state index in [0.717, 1.165) is 5.56 Å². The molecule has 106 valence electrons. The Labute approximate surface area is 131 Å². The summed E-state index contributed by atoms with van der Waals surface area (Å²) in [6, 6.07) is 16.4. The average molecular weight is 344 g/mol. The summed E-state index contributed by atoms with van der Waals surface area (Å²) in [5.41, 5.74) is 2.08. The molecule has 21 heavy (non-hydrogen) atoms. The zero-order chi connectivity index (χ0) is 15.2. The molecule has 1 N–H and O–H groups in total. The van der Waals surface area contributed by atoms with E-state index in [9.17, 15) is 9.59 Å². The highest BCUT2D eigenvalue weighted by atomic mass is 79.9. The third kappa shape index (κ3) is 4.39. The zero-order valence-corrected chi connectivity index (χ0v) is 13.1. The maximum Gasteiger partial charge on any atom is 0.262 e. The second-order valence-electron chi connectivity index (χ2n) is 4.49. The summed E-state index contributed by atoms with van der Waals surface area (Å²) in [6.07, 6.45) is 1.74. The Hall–Kier alpha value is -2.20. The van der Waals surface area contributed by atoms with Gasteiger partial charge in [0.15, 0.2) is 5.78 Å². The number of anilines is 1. The second-order valence-corrected chi connectivity index (χ2v) is 5.35. The van der Waals surface area contributed by atoms with E-state index in [2.05, 4.69) is 21.2 Å². The molecule has 0 saturated heterocycles. The van der Waals surface area contributed by atoms with E-state index in [1.165, 1.54) is 6.92 Å². The number of amides is 1. The number of nitrogens with one attached hydrogen (secondary N) is 1. The highest BCUT2D eigenvalue weighted by Gasteiger charge is 2.08. The number of halogens is 1. The van der Waals surface area contributed by atoms with E-state index in [1.54, 1.807) is 30.3 Å². The van der Waals surface area contributed by atoms with Gasteiger partial charge in [0.1, 0.15) is 0 Å². The van der Waals surface area contributed by atoms with Crippen molar-refractivity contribution in [3.8, 4) is 0 Å². The molecule has 1 amide bonds. The van der Waals surface area contributed by atoms with Crippen molar-refractivity contribution in [3.05, 3.63) is 70.2 Å². The van der Waals surface area contributed by atoms with Gasteiger partial charge in [-0.05, 0) is 46.6 Å². The van der Waals surface area contributed by atoms with E-state index < -0.39 is 0 Å². The van der Waals surface area contributed by atoms with Crippen LogP contribution in [0.3, 0.4) is 0 Å². The molecule has 2 rings (SSSR count). The molecule has 3 nitrogen and oxygen atoms in total. The normalized spacial score (nSPS) is 11.0. The Morgan fingerprint density at radius 3 is 2.43 bits per heavy atom. The van der Waals surface area contributed by atoms with Crippen molar-refractivity contribution >= 4 is 39.4 Å². The third-order valence-corrected chi connectivity index (χ3v) is 3.43. The summed E-state index contributed by atoms with van der Waals surface area (Å²) in [7, 11) is 0. The minimum Gasteiger partial charge on any atom is -0.322 e. The Kier molecular flexibility index (Phi) is 5.06. The lowest BCUT2D eigenvalue weighted by Gasteiger charge is -2.06. The number of ketones is 1. The maximum absolute atomic E-state index is 12.1. The van der Waals surface area contributed by atoms with Gasteiger partial charge in [0.05, 0.1) is 4.48 Å². The lowest BCUT2D eigenvalue weighted by Crippen LogP contribution is -2.11. The van der Waals surface area contributed by atoms with Gasteiger partial charge in [-0.25, -0.2) is 0 Å². The van der Waals surface area contributed by atoms with Crippen molar-refractivity contribution in [2.24, 2.45) is 0 Å². The van der Waals surface area contributed by atoms with Crippen LogP contribution in [0.25, 0.3) is 6.08 Å². The molecule has 0 saturated carbocycles. The lowest BCUT2D eigenvalue weighted by molar-refractivity contribution is -0.112. The van der Waals surface area contributed by atoms with Crippen LogP contribution in [0.4, 0.5) is 5.69 Å². The summed E-state index contributed by atoms with van der Waals surface area (Å²) >= 11 is 3.27. The monoisotopic (exact) mass is 343 g/mol. The van der Waals surface area contributed by atoms with Gasteiger partial charge >= 0.3 is 0 Å². The lowest BCUT2D eigenvalue weighted by atomic mass is 10.1. The zero-order valence-electron chi connectivity index (χ0n) is 11.5. The molecule has 2 aromatic carbocycles. The van der Waals surface area contributed by atoms with Gasteiger partial charge in [-0.3, -0.25) is 9.59 Å². The fourth-order valence-corrected chi connectivity index (χ4v) is 2.13. The van der Waals surface area contributed by atoms with Crippen LogP contribution < -0.4 is 5.32 Å². The van der Waals surface area contributed by atoms with Crippen molar-refractivity contribution in [3.63, 3.8) is 0 Å². The molecule has 0 spiro atoms. The predicted molar refractivity (Wildman–Crippen MR) is 88.4 cm³/mol. The standard InChI is InChI=1S/C17H14BrNO2/c1-12(20)14-8-5-9-15(11-14)19-17(21)16(18)10-13-6-3-2-4-7-13/h2-11H,1H3,(H,19,21). The molecule has 0 radical (unpaired) electrons. The molecular formula is C17H14BrNO2. The fraction of sp³-hybridized carbons (Fsp3) is 0.0588. The van der Waals surface area contributed by atoms with Crippen LogP contribution in [-0.2, 0) is 4.79 Å². The van der Waals surface area contributed by atoms with Crippen LogP contribution in [0.15, 0.2) is 59.1 Å². The highest BCUT2D eigenvalue weighted by Crippen LogP contribution is 2.17. The third-order valence-electron chi connectivity index (χ3n) is 2.84. The number of Topliss-reactive ketones (excluding diaryl/α,β-unsaturated/α-hetero) is 1. The maximum atomic E-state index is 12.1. The molecule has 0 unspecified atom stereocenters. The summed E-state index contributed by atoms with van der Waals surface area (Å²) in [5.74, 6) is -0.301. The first-order valence-electron chi connectivity index (χ1n) is 6.41. The molecule has 0 aliphatic rings. The molecule has 2 aromatic rings. The van der Waals surface area contributed by atoms with E-state index in [4.69, 9.17) is 0 Å². The van der Waals surface area contributed by atoms with Crippen molar-refractivity contribution in [2.45, 2.75) is 6.92 Å². The summed E-state index contributed by atoms with van der Waals surface area (Å²) in [4.78, 5) is 23.4. The van der Waals surface area contributed by atoms with Crippen molar-refractivity contribution in [1.82, 2.24) is 0 Å². The largest absolute Gasteiger partial charge is 0.322 e. The number of carbonyl (C=O) groups excluding carboxylic acids is 2. The van der Waals surface area contributed by atoms with Crippen LogP contribution in [0.2, 0.25) is 0 Å². The minimum atomic E-state index is -0.264. The van der Waals surface area contributed by atoms with Crippen molar-refractivity contribution < 1.29 is 9.59 Å². The van der Waals surface area contributed by atoms with Crippen LogP contribution in [0.1, 0.15) is 22.8 Å². The Bertz CT molecular complexity index is 693. The van der Waals surface area contributed by atoms with Crippen LogP contribution in [0.5, 0.6) is 0 Å². The molecular weight excluding hydrogens is 330 g/mol. The van der Waals surface area contributed by atoms with Gasteiger partial charge < -0.3 is 5.32 Å². The van der Waals surface area contributed by atoms with Crippen LogP contribution >= 0.6 is 15.9 Å². The molecule has 0 heterocycles. The molecule has 0 fully saturated rings. The molecule has 4 heteroatoms. The quantitative estimate of drug-likeness (QED) is 0.665. The fourth-order valence-electron chi connectivity index (χ4n) is 1.77. The van der Waals surface area contributed by atoms with Gasteiger partial charge in [-0.15, -0.1) is 0 Å². The number of rotatable bonds is 4. The number of hydrogen-bond acceptors (Lipinski definition) is 2. The number of benzene rings is 2. The number of hydrogen-bond donors (Lipinski definition) is 1. The van der Waals surface area contributed by atoms with Gasteiger partial charge in [-0.1, -0.05) is 42.5 Å². The first kappa shape index (κ1) is 15.2. The minimum absolute atomic E-state index is 0.0370. The Morgan fingerprint density at radius 2 is 1.76 bits per heavy atom. The highest BCUT2D eigenvalue weighted by molar-refractivity contribution is 9.12. The molecule has 0 bridgehead atoms. The summed E-state index contributed by atoms with van der Waals surface area (Å²) in [5, 5.41) is 2.75. The molecule has 0 atom stereocenters. The Morgan fingerprint density at radius 1 is 1.05 bits per heavy atom. The predicted octanol–water partition coefficient (Wildman–Crippen LogP) is 4.26. The Balaban J connectivity index is 2.12. The first-order chi connectivity index (χ1) is 10.1.